The lowest BCUT2D eigenvalue weighted by Gasteiger charge is -1.87. The standard InChI is InChI=1S/C4H8O3.2C2H4O2.H2S/c1-2-3-4(5)7-6;2*1-2(3)4;/h6H,2-3H2,1H3;2*1H3,(H,3,4);1H2. The lowest BCUT2D eigenvalue weighted by Crippen LogP contribution is -1.97. The Bertz CT molecular complexity index is 173. The molecule has 0 aliphatic carbocycles. The molecule has 0 saturated carbocycles. The smallest absolute Gasteiger partial charge is 0.342 e. The molecule has 0 bridgehead atoms. The van der Waals surface area contributed by atoms with Crippen molar-refractivity contribution in [3.63, 3.8) is 0 Å². The van der Waals surface area contributed by atoms with Crippen LogP contribution in [0.3, 0.4) is 0 Å². The van der Waals surface area contributed by atoms with Crippen molar-refractivity contribution in [3.8, 4) is 0 Å². The molecule has 0 saturated heterocycles. The predicted molar refractivity (Wildman–Crippen MR) is 60.6 cm³/mol. The molecule has 0 aliphatic rings. The van der Waals surface area contributed by atoms with Crippen LogP contribution in [0.2, 0.25) is 0 Å². The Kier molecular flexibility index (Phi) is 29.1. The minimum Gasteiger partial charge on any atom is -0.481 e. The van der Waals surface area contributed by atoms with E-state index in [1.807, 2.05) is 6.92 Å². The molecule has 16 heavy (non-hydrogen) atoms. The lowest BCUT2D eigenvalue weighted by molar-refractivity contribution is -0.234. The number of carbonyl (C=O) groups is 3. The normalized spacial score (nSPS) is 6.75. The third-order valence-electron chi connectivity index (χ3n) is 0.556. The number of carbonyl (C=O) groups excluding carboxylic acids is 1. The van der Waals surface area contributed by atoms with E-state index in [4.69, 9.17) is 25.1 Å². The van der Waals surface area contributed by atoms with E-state index in [1.54, 1.807) is 0 Å². The van der Waals surface area contributed by atoms with E-state index in [0.717, 1.165) is 13.8 Å². The zero-order valence-corrected chi connectivity index (χ0v) is 10.4. The highest BCUT2D eigenvalue weighted by atomic mass is 32.1. The number of carboxylic acids is 2. The SMILES string of the molecule is CC(=O)O.CC(=O)O.CCCC(=O)OO.S. The fraction of sp³-hybridized carbons (Fsp3) is 0.625. The van der Waals surface area contributed by atoms with Gasteiger partial charge in [-0.3, -0.25) is 9.59 Å². The average molecular weight is 258 g/mol. The molecule has 0 aromatic heterocycles. The molecule has 8 heteroatoms. The number of aliphatic carboxylic acids is 2. The number of hydrogen-bond acceptors (Lipinski definition) is 5. The van der Waals surface area contributed by atoms with Gasteiger partial charge in [0.25, 0.3) is 11.9 Å². The average Bonchev–Trinajstić information content (AvgIpc) is 2.02. The second kappa shape index (κ2) is 19.3. The quantitative estimate of drug-likeness (QED) is 0.500. The summed E-state index contributed by atoms with van der Waals surface area (Å²) in [6, 6.07) is 0. The molecule has 0 spiro atoms. The fourth-order valence-corrected chi connectivity index (χ4v) is 0.250. The molecule has 0 unspecified atom stereocenters. The van der Waals surface area contributed by atoms with Gasteiger partial charge in [-0.25, -0.2) is 4.79 Å². The van der Waals surface area contributed by atoms with Gasteiger partial charge in [0.15, 0.2) is 0 Å². The molecule has 0 heterocycles. The van der Waals surface area contributed by atoms with E-state index in [2.05, 4.69) is 4.89 Å². The molecule has 0 aromatic rings. The van der Waals surface area contributed by atoms with E-state index in [0.29, 0.717) is 6.42 Å². The Labute approximate surface area is 100 Å². The van der Waals surface area contributed by atoms with Crippen LogP contribution in [-0.2, 0) is 19.3 Å². The fourth-order valence-electron chi connectivity index (χ4n) is 0.250. The Morgan fingerprint density at radius 2 is 1.31 bits per heavy atom. The third kappa shape index (κ3) is 126. The van der Waals surface area contributed by atoms with Crippen molar-refractivity contribution < 1.29 is 34.7 Å². The van der Waals surface area contributed by atoms with Crippen molar-refractivity contribution in [1.82, 2.24) is 0 Å². The highest BCUT2D eigenvalue weighted by molar-refractivity contribution is 7.59. The molecule has 7 nitrogen and oxygen atoms in total. The Hall–Kier alpha value is -1.28. The van der Waals surface area contributed by atoms with Crippen molar-refractivity contribution in [3.05, 3.63) is 0 Å². The van der Waals surface area contributed by atoms with Crippen molar-refractivity contribution in [1.29, 1.82) is 0 Å². The summed E-state index contributed by atoms with van der Waals surface area (Å²) >= 11 is 0. The van der Waals surface area contributed by atoms with Gasteiger partial charge < -0.3 is 15.1 Å². The van der Waals surface area contributed by atoms with Crippen LogP contribution in [0, 0.1) is 0 Å². The molecule has 0 radical (unpaired) electrons. The van der Waals surface area contributed by atoms with Crippen LogP contribution in [0.1, 0.15) is 33.6 Å². The number of hydrogen-bond donors (Lipinski definition) is 3. The van der Waals surface area contributed by atoms with E-state index >= 15 is 0 Å². The van der Waals surface area contributed by atoms with Crippen LogP contribution in [0.25, 0.3) is 0 Å². The maximum absolute atomic E-state index is 9.94. The van der Waals surface area contributed by atoms with Gasteiger partial charge in [-0.15, -0.1) is 0 Å². The minimum atomic E-state index is -0.833. The molecule has 0 aliphatic heterocycles. The Morgan fingerprint density at radius 1 is 1.06 bits per heavy atom. The molecule has 98 valence electrons. The first-order chi connectivity index (χ1) is 6.77. The molecule has 0 amide bonds. The van der Waals surface area contributed by atoms with Crippen molar-refractivity contribution in [2.75, 3.05) is 0 Å². The van der Waals surface area contributed by atoms with Gasteiger partial charge in [0.1, 0.15) is 0 Å². The highest BCUT2D eigenvalue weighted by Gasteiger charge is 1.95. The van der Waals surface area contributed by atoms with E-state index in [-0.39, 0.29) is 19.9 Å². The summed E-state index contributed by atoms with van der Waals surface area (Å²) in [7, 11) is 0. The lowest BCUT2D eigenvalue weighted by atomic mass is 10.3. The van der Waals surface area contributed by atoms with Crippen molar-refractivity contribution in [2.24, 2.45) is 0 Å². The van der Waals surface area contributed by atoms with Crippen LogP contribution in [-0.4, -0.2) is 33.4 Å². The first kappa shape index (κ1) is 24.1. The van der Waals surface area contributed by atoms with Crippen LogP contribution < -0.4 is 0 Å². The maximum Gasteiger partial charge on any atom is 0.342 e. The van der Waals surface area contributed by atoms with Gasteiger partial charge >= 0.3 is 5.97 Å². The van der Waals surface area contributed by atoms with E-state index < -0.39 is 17.9 Å². The van der Waals surface area contributed by atoms with Crippen LogP contribution >= 0.6 is 13.5 Å². The summed E-state index contributed by atoms with van der Waals surface area (Å²) < 4.78 is 0. The topological polar surface area (TPSA) is 121 Å². The molecule has 0 rings (SSSR count). The zero-order valence-electron chi connectivity index (χ0n) is 9.39. The number of carboxylic acid groups (broad SMARTS) is 2. The molecule has 3 N–H and O–H groups in total. The summed E-state index contributed by atoms with van der Waals surface area (Å²) in [5.74, 6) is -2.23. The molecular weight excluding hydrogens is 240 g/mol. The summed E-state index contributed by atoms with van der Waals surface area (Å²) in [6.07, 6.45) is 0.996. The minimum absolute atomic E-state index is 0. The predicted octanol–water partition coefficient (Wildman–Crippen LogP) is 1.10. The van der Waals surface area contributed by atoms with Gasteiger partial charge in [0.2, 0.25) is 0 Å². The van der Waals surface area contributed by atoms with Gasteiger partial charge in [0, 0.05) is 20.3 Å². The van der Waals surface area contributed by atoms with Gasteiger partial charge in [-0.1, -0.05) is 6.92 Å². The Morgan fingerprint density at radius 3 is 1.38 bits per heavy atom. The van der Waals surface area contributed by atoms with Crippen molar-refractivity contribution in [2.45, 2.75) is 33.6 Å². The molecule has 0 fully saturated rings. The van der Waals surface area contributed by atoms with E-state index in [9.17, 15) is 4.79 Å². The van der Waals surface area contributed by atoms with Gasteiger partial charge in [-0.2, -0.15) is 18.8 Å². The van der Waals surface area contributed by atoms with Crippen LogP contribution in [0.15, 0.2) is 0 Å². The summed E-state index contributed by atoms with van der Waals surface area (Å²) in [5, 5.41) is 22.4. The van der Waals surface area contributed by atoms with Crippen LogP contribution in [0.5, 0.6) is 0 Å². The molecule has 0 aromatic carbocycles. The molecular formula is C8H18O7S. The summed E-state index contributed by atoms with van der Waals surface area (Å²) in [6.45, 7) is 4.00. The molecule has 0 atom stereocenters. The largest absolute Gasteiger partial charge is 0.481 e. The Balaban J connectivity index is -0.0000000700. The van der Waals surface area contributed by atoms with E-state index in [1.165, 1.54) is 0 Å². The zero-order chi connectivity index (χ0) is 12.9. The first-order valence-corrected chi connectivity index (χ1v) is 4.01. The maximum atomic E-state index is 9.94. The monoisotopic (exact) mass is 258 g/mol. The number of rotatable bonds is 2. The highest BCUT2D eigenvalue weighted by Crippen LogP contribution is 1.86. The first-order valence-electron chi connectivity index (χ1n) is 4.01. The van der Waals surface area contributed by atoms with Gasteiger partial charge in [0.05, 0.1) is 0 Å². The second-order valence-electron chi connectivity index (χ2n) is 2.25. The van der Waals surface area contributed by atoms with Crippen LogP contribution in [0.4, 0.5) is 0 Å². The van der Waals surface area contributed by atoms with Crippen molar-refractivity contribution >= 4 is 31.4 Å². The summed E-state index contributed by atoms with van der Waals surface area (Å²) in [4.78, 5) is 31.3. The second-order valence-corrected chi connectivity index (χ2v) is 2.25. The summed E-state index contributed by atoms with van der Waals surface area (Å²) in [5.41, 5.74) is 0. The third-order valence-corrected chi connectivity index (χ3v) is 0.556. The van der Waals surface area contributed by atoms with Gasteiger partial charge in [-0.05, 0) is 6.42 Å².